The van der Waals surface area contributed by atoms with Gasteiger partial charge in [0.1, 0.15) is 5.76 Å². The Morgan fingerprint density at radius 2 is 1.79 bits per heavy atom. The van der Waals surface area contributed by atoms with Crippen molar-refractivity contribution in [3.05, 3.63) is 54.5 Å². The van der Waals surface area contributed by atoms with Crippen LogP contribution < -0.4 is 16.0 Å². The number of nitrogens with zero attached hydrogens (tertiary/aromatic N) is 1. The fraction of sp³-hybridized carbons (Fsp3) is 0.429. The van der Waals surface area contributed by atoms with Crippen LogP contribution in [0.15, 0.2) is 53.1 Å². The van der Waals surface area contributed by atoms with Crippen LogP contribution in [0.25, 0.3) is 0 Å². The molecule has 0 radical (unpaired) electrons. The van der Waals surface area contributed by atoms with E-state index in [1.54, 1.807) is 6.26 Å². The summed E-state index contributed by atoms with van der Waals surface area (Å²) in [6, 6.07) is 13.8. The monoisotopic (exact) mass is 382 g/mol. The molecule has 1 aromatic carbocycles. The van der Waals surface area contributed by atoms with Gasteiger partial charge in [0.05, 0.1) is 19.4 Å². The third-order valence-corrected chi connectivity index (χ3v) is 5.62. The van der Waals surface area contributed by atoms with E-state index in [0.717, 1.165) is 37.1 Å². The van der Waals surface area contributed by atoms with Crippen LogP contribution in [0, 0.1) is 0 Å². The van der Waals surface area contributed by atoms with Crippen LogP contribution in [0.1, 0.15) is 31.4 Å². The smallest absolute Gasteiger partial charge is 0.319 e. The maximum atomic E-state index is 12.3. The first-order valence-corrected chi connectivity index (χ1v) is 9.85. The fourth-order valence-electron chi connectivity index (χ4n) is 4.34. The second-order valence-corrected chi connectivity index (χ2v) is 7.55. The number of anilines is 1. The lowest BCUT2D eigenvalue weighted by atomic mass is 9.97. The van der Waals surface area contributed by atoms with Gasteiger partial charge < -0.3 is 20.4 Å². The molecule has 2 aliphatic heterocycles. The van der Waals surface area contributed by atoms with Crippen LogP contribution in [0.3, 0.4) is 0 Å². The highest BCUT2D eigenvalue weighted by atomic mass is 16.3. The number of rotatable bonds is 6. The second kappa shape index (κ2) is 8.48. The zero-order valence-corrected chi connectivity index (χ0v) is 15.8. The van der Waals surface area contributed by atoms with Crippen molar-refractivity contribution in [3.63, 3.8) is 0 Å². The number of urea groups is 1. The molecule has 3 amide bonds. The van der Waals surface area contributed by atoms with Crippen LogP contribution in [0.5, 0.6) is 0 Å². The van der Waals surface area contributed by atoms with E-state index in [9.17, 15) is 9.59 Å². The molecule has 0 saturated carbocycles. The average molecular weight is 382 g/mol. The molecule has 7 nitrogen and oxygen atoms in total. The molecule has 2 fully saturated rings. The van der Waals surface area contributed by atoms with Crippen LogP contribution in [0.4, 0.5) is 10.5 Å². The molecule has 2 aliphatic rings. The largest absolute Gasteiger partial charge is 0.467 e. The van der Waals surface area contributed by atoms with Gasteiger partial charge >= 0.3 is 6.03 Å². The number of hydrogen-bond acceptors (Lipinski definition) is 4. The molecule has 0 aliphatic carbocycles. The van der Waals surface area contributed by atoms with E-state index in [-0.39, 0.29) is 18.0 Å². The van der Waals surface area contributed by atoms with Gasteiger partial charge in [0.2, 0.25) is 5.91 Å². The molecule has 1 aromatic heterocycles. The SMILES string of the molecule is O=C(CN1[C@H]2CC[C@H]1CC(NC(=O)Nc1ccccc1)C2)NCc1ccco1. The maximum Gasteiger partial charge on any atom is 0.319 e. The highest BCUT2D eigenvalue weighted by Crippen LogP contribution is 2.35. The summed E-state index contributed by atoms with van der Waals surface area (Å²) in [5.74, 6) is 0.769. The quantitative estimate of drug-likeness (QED) is 0.717. The van der Waals surface area contributed by atoms with E-state index < -0.39 is 0 Å². The van der Waals surface area contributed by atoms with Crippen molar-refractivity contribution in [1.29, 1.82) is 0 Å². The number of nitrogens with one attached hydrogen (secondary N) is 3. The van der Waals surface area contributed by atoms with Crippen molar-refractivity contribution in [2.24, 2.45) is 0 Å². The number of hydrogen-bond donors (Lipinski definition) is 3. The third-order valence-electron chi connectivity index (χ3n) is 5.62. The Labute approximate surface area is 164 Å². The Balaban J connectivity index is 1.24. The van der Waals surface area contributed by atoms with E-state index >= 15 is 0 Å². The summed E-state index contributed by atoms with van der Waals surface area (Å²) in [6.45, 7) is 0.817. The number of carbonyl (C=O) groups excluding carboxylic acids is 2. The van der Waals surface area contributed by atoms with Crippen molar-refractivity contribution in [2.75, 3.05) is 11.9 Å². The Bertz CT molecular complexity index is 779. The number of amides is 3. The summed E-state index contributed by atoms with van der Waals surface area (Å²) in [7, 11) is 0. The maximum absolute atomic E-state index is 12.3. The second-order valence-electron chi connectivity index (χ2n) is 7.55. The highest BCUT2D eigenvalue weighted by Gasteiger charge is 2.41. The van der Waals surface area contributed by atoms with Gasteiger partial charge in [-0.05, 0) is 49.9 Å². The third kappa shape index (κ3) is 4.54. The molecule has 2 bridgehead atoms. The van der Waals surface area contributed by atoms with E-state index in [1.165, 1.54) is 0 Å². The van der Waals surface area contributed by atoms with Gasteiger partial charge in [0.25, 0.3) is 0 Å². The van der Waals surface area contributed by atoms with Crippen molar-refractivity contribution < 1.29 is 14.0 Å². The minimum Gasteiger partial charge on any atom is -0.467 e. The molecule has 2 saturated heterocycles. The minimum atomic E-state index is -0.166. The molecule has 2 aromatic rings. The van der Waals surface area contributed by atoms with Gasteiger partial charge in [-0.15, -0.1) is 0 Å². The van der Waals surface area contributed by atoms with E-state index in [2.05, 4.69) is 20.9 Å². The first kappa shape index (κ1) is 18.6. The van der Waals surface area contributed by atoms with Crippen molar-refractivity contribution >= 4 is 17.6 Å². The van der Waals surface area contributed by atoms with Crippen LogP contribution in [-0.2, 0) is 11.3 Å². The van der Waals surface area contributed by atoms with Gasteiger partial charge in [-0.1, -0.05) is 18.2 Å². The average Bonchev–Trinajstić information content (AvgIpc) is 3.27. The number of piperidine rings is 1. The molecule has 28 heavy (non-hydrogen) atoms. The predicted octanol–water partition coefficient (Wildman–Crippen LogP) is 2.71. The van der Waals surface area contributed by atoms with Gasteiger partial charge in [-0.3, -0.25) is 9.69 Å². The van der Waals surface area contributed by atoms with E-state index in [0.29, 0.717) is 25.2 Å². The van der Waals surface area contributed by atoms with Gasteiger partial charge in [0.15, 0.2) is 0 Å². The highest BCUT2D eigenvalue weighted by molar-refractivity contribution is 5.89. The Hall–Kier alpha value is -2.80. The summed E-state index contributed by atoms with van der Waals surface area (Å²) in [5, 5.41) is 8.89. The summed E-state index contributed by atoms with van der Waals surface area (Å²) >= 11 is 0. The van der Waals surface area contributed by atoms with Crippen LogP contribution in [0.2, 0.25) is 0 Å². The Kier molecular flexibility index (Phi) is 5.62. The van der Waals surface area contributed by atoms with Gasteiger partial charge in [0, 0.05) is 23.8 Å². The number of para-hydroxylation sites is 1. The Morgan fingerprint density at radius 3 is 2.46 bits per heavy atom. The number of furan rings is 1. The number of fused-ring (bicyclic) bond motifs is 2. The molecular formula is C21H26N4O3. The molecular weight excluding hydrogens is 356 g/mol. The molecule has 3 heterocycles. The molecule has 0 spiro atoms. The van der Waals surface area contributed by atoms with Gasteiger partial charge in [-0.2, -0.15) is 0 Å². The zero-order chi connectivity index (χ0) is 19.3. The molecule has 148 valence electrons. The lowest BCUT2D eigenvalue weighted by Crippen LogP contribution is -2.53. The van der Waals surface area contributed by atoms with Crippen LogP contribution in [-0.4, -0.2) is 41.5 Å². The molecule has 3 N–H and O–H groups in total. The molecule has 4 rings (SSSR count). The van der Waals surface area contributed by atoms with Crippen molar-refractivity contribution in [1.82, 2.24) is 15.5 Å². The summed E-state index contributed by atoms with van der Waals surface area (Å²) in [6.07, 6.45) is 5.52. The standard InChI is InChI=1S/C21H26N4O3/c26-20(22-13-19-7-4-10-28-19)14-25-17-8-9-18(25)12-16(11-17)24-21(27)23-15-5-2-1-3-6-15/h1-7,10,16-18H,8-9,11-14H2,(H,22,26)(H2,23,24,27)/t17-,18-/m0/s1. The lowest BCUT2D eigenvalue weighted by Gasteiger charge is -2.38. The first-order chi connectivity index (χ1) is 13.7. The van der Waals surface area contributed by atoms with E-state index in [4.69, 9.17) is 4.42 Å². The predicted molar refractivity (Wildman–Crippen MR) is 106 cm³/mol. The van der Waals surface area contributed by atoms with Crippen molar-refractivity contribution in [2.45, 2.75) is 50.4 Å². The topological polar surface area (TPSA) is 86.6 Å². The minimum absolute atomic E-state index is 0.0153. The van der Waals surface area contributed by atoms with Crippen LogP contribution >= 0.6 is 0 Å². The normalized spacial score (nSPS) is 23.9. The molecule has 7 heteroatoms. The molecule has 0 unspecified atom stereocenters. The fourth-order valence-corrected chi connectivity index (χ4v) is 4.34. The van der Waals surface area contributed by atoms with Gasteiger partial charge in [-0.25, -0.2) is 4.79 Å². The summed E-state index contributed by atoms with van der Waals surface area (Å²) < 4.78 is 5.25. The first-order valence-electron chi connectivity index (χ1n) is 9.85. The lowest BCUT2D eigenvalue weighted by molar-refractivity contribution is -0.123. The molecule has 2 atom stereocenters. The summed E-state index contributed by atoms with van der Waals surface area (Å²) in [5.41, 5.74) is 0.786. The Morgan fingerprint density at radius 1 is 1.04 bits per heavy atom. The summed E-state index contributed by atoms with van der Waals surface area (Å²) in [4.78, 5) is 26.9. The number of carbonyl (C=O) groups is 2. The van der Waals surface area contributed by atoms with Crippen molar-refractivity contribution in [3.8, 4) is 0 Å². The zero-order valence-electron chi connectivity index (χ0n) is 15.8. The number of benzene rings is 1. The van der Waals surface area contributed by atoms with E-state index in [1.807, 2.05) is 42.5 Å².